The molecule has 1 aromatic carbocycles. The summed E-state index contributed by atoms with van der Waals surface area (Å²) in [6.07, 6.45) is 4.97. The minimum absolute atomic E-state index is 0.0834. The molecule has 0 aliphatic heterocycles. The molecule has 0 aliphatic rings. The molecule has 0 fully saturated rings. The van der Waals surface area contributed by atoms with Crippen LogP contribution >= 0.6 is 0 Å². The molecular formula is C15H22O4. The van der Waals surface area contributed by atoms with Crippen LogP contribution in [0.25, 0.3) is 0 Å². The number of phenols is 1. The van der Waals surface area contributed by atoms with Crippen molar-refractivity contribution in [2.45, 2.75) is 39.5 Å². The summed E-state index contributed by atoms with van der Waals surface area (Å²) in [7, 11) is 0. The lowest BCUT2D eigenvalue weighted by Gasteiger charge is -2.12. The molecular weight excluding hydrogens is 244 g/mol. The van der Waals surface area contributed by atoms with Crippen molar-refractivity contribution in [3.05, 3.63) is 23.8 Å². The fraction of sp³-hybridized carbons (Fsp3) is 0.533. The van der Waals surface area contributed by atoms with Crippen LogP contribution in [0.5, 0.6) is 11.5 Å². The average molecular weight is 266 g/mol. The Morgan fingerprint density at radius 3 is 2.68 bits per heavy atom. The number of aromatic hydroxyl groups is 1. The normalized spacial score (nSPS) is 10.7. The summed E-state index contributed by atoms with van der Waals surface area (Å²) in [6.45, 7) is 4.82. The Balaban J connectivity index is 2.35. The lowest BCUT2D eigenvalue weighted by molar-refractivity contribution is -0.208. The maximum absolute atomic E-state index is 10.8. The molecule has 0 unspecified atom stereocenters. The number of carbonyl (C=O) groups is 1. The quantitative estimate of drug-likeness (QED) is 0.320. The van der Waals surface area contributed by atoms with Crippen LogP contribution in [0.4, 0.5) is 0 Å². The molecule has 0 atom stereocenters. The fourth-order valence-corrected chi connectivity index (χ4v) is 1.95. The second kappa shape index (κ2) is 8.53. The van der Waals surface area contributed by atoms with Crippen molar-refractivity contribution in [2.75, 3.05) is 6.61 Å². The van der Waals surface area contributed by atoms with E-state index in [1.165, 1.54) is 18.9 Å². The molecule has 0 bridgehead atoms. The van der Waals surface area contributed by atoms with Gasteiger partial charge in [0.2, 0.25) is 5.75 Å². The van der Waals surface area contributed by atoms with Crippen LogP contribution in [0.2, 0.25) is 0 Å². The summed E-state index contributed by atoms with van der Waals surface area (Å²) in [5.41, 5.74) is 0.278. The molecule has 19 heavy (non-hydrogen) atoms. The molecule has 106 valence electrons. The third-order valence-corrected chi connectivity index (χ3v) is 3.29. The Hall–Kier alpha value is -1.55. The molecule has 1 aromatic rings. The summed E-state index contributed by atoms with van der Waals surface area (Å²) in [6, 6.07) is 4.60. The Morgan fingerprint density at radius 1 is 1.32 bits per heavy atom. The number of rotatable bonds is 9. The number of para-hydroxylation sites is 1. The molecule has 0 spiro atoms. The SMILES string of the molecule is CCC(CC)CCCOOc1c(O)cccc1C=O. The van der Waals surface area contributed by atoms with E-state index in [0.717, 1.165) is 18.8 Å². The first-order valence-electron chi connectivity index (χ1n) is 6.79. The highest BCUT2D eigenvalue weighted by atomic mass is 17.2. The van der Waals surface area contributed by atoms with E-state index < -0.39 is 0 Å². The molecule has 4 heteroatoms. The number of hydrogen-bond donors (Lipinski definition) is 1. The van der Waals surface area contributed by atoms with Gasteiger partial charge in [-0.1, -0.05) is 32.8 Å². The van der Waals surface area contributed by atoms with Gasteiger partial charge in [0, 0.05) is 0 Å². The summed E-state index contributed by atoms with van der Waals surface area (Å²) in [5.74, 6) is 0.712. The third kappa shape index (κ3) is 4.91. The van der Waals surface area contributed by atoms with Crippen molar-refractivity contribution in [1.29, 1.82) is 0 Å². The van der Waals surface area contributed by atoms with Crippen LogP contribution in [0.1, 0.15) is 49.9 Å². The maximum atomic E-state index is 10.8. The largest absolute Gasteiger partial charge is 0.504 e. The maximum Gasteiger partial charge on any atom is 0.217 e. The minimum Gasteiger partial charge on any atom is -0.504 e. The predicted octanol–water partition coefficient (Wildman–Crippen LogP) is 3.73. The van der Waals surface area contributed by atoms with Crippen LogP contribution in [0, 0.1) is 5.92 Å². The molecule has 1 rings (SSSR count). The van der Waals surface area contributed by atoms with Gasteiger partial charge in [-0.25, -0.2) is 0 Å². The van der Waals surface area contributed by atoms with Crippen LogP contribution in [-0.4, -0.2) is 18.0 Å². The van der Waals surface area contributed by atoms with E-state index in [0.29, 0.717) is 12.9 Å². The standard InChI is InChI=1S/C15H22O4/c1-3-12(4-2)7-6-10-18-19-15-13(11-16)8-5-9-14(15)17/h5,8-9,11-12,17H,3-4,6-7,10H2,1-2H3. The molecule has 4 nitrogen and oxygen atoms in total. The Labute approximate surface area is 114 Å². The highest BCUT2D eigenvalue weighted by Crippen LogP contribution is 2.29. The van der Waals surface area contributed by atoms with Gasteiger partial charge in [0.05, 0.1) is 12.2 Å². The lowest BCUT2D eigenvalue weighted by atomic mass is 9.98. The third-order valence-electron chi connectivity index (χ3n) is 3.29. The first-order valence-corrected chi connectivity index (χ1v) is 6.79. The van der Waals surface area contributed by atoms with Gasteiger partial charge in [-0.05, 0) is 30.9 Å². The van der Waals surface area contributed by atoms with E-state index in [-0.39, 0.29) is 17.1 Å². The molecule has 0 radical (unpaired) electrons. The van der Waals surface area contributed by atoms with Gasteiger partial charge in [-0.3, -0.25) is 4.79 Å². The first-order chi connectivity index (χ1) is 9.22. The average Bonchev–Trinajstić information content (AvgIpc) is 2.44. The molecule has 0 saturated carbocycles. The van der Waals surface area contributed by atoms with E-state index in [9.17, 15) is 9.90 Å². The van der Waals surface area contributed by atoms with Crippen LogP contribution in [0.3, 0.4) is 0 Å². The van der Waals surface area contributed by atoms with Crippen molar-refractivity contribution in [1.82, 2.24) is 0 Å². The predicted molar refractivity (Wildman–Crippen MR) is 73.4 cm³/mol. The van der Waals surface area contributed by atoms with E-state index in [4.69, 9.17) is 9.78 Å². The summed E-state index contributed by atoms with van der Waals surface area (Å²) in [4.78, 5) is 20.9. The molecule has 0 heterocycles. The number of carbonyl (C=O) groups excluding carboxylic acids is 1. The number of phenolic OH excluding ortho intramolecular Hbond substituents is 1. The van der Waals surface area contributed by atoms with Crippen LogP contribution in [-0.2, 0) is 4.89 Å². The van der Waals surface area contributed by atoms with E-state index in [1.54, 1.807) is 12.1 Å². The van der Waals surface area contributed by atoms with Gasteiger partial charge in [0.15, 0.2) is 12.0 Å². The van der Waals surface area contributed by atoms with Gasteiger partial charge in [0.1, 0.15) is 0 Å². The monoisotopic (exact) mass is 266 g/mol. The van der Waals surface area contributed by atoms with Gasteiger partial charge < -0.3 is 9.99 Å². The number of hydrogen-bond acceptors (Lipinski definition) is 4. The lowest BCUT2D eigenvalue weighted by Crippen LogP contribution is -2.04. The van der Waals surface area contributed by atoms with Crippen LogP contribution in [0.15, 0.2) is 18.2 Å². The number of aldehydes is 1. The Morgan fingerprint density at radius 2 is 2.05 bits per heavy atom. The molecule has 0 saturated heterocycles. The van der Waals surface area contributed by atoms with Gasteiger partial charge >= 0.3 is 0 Å². The minimum atomic E-state index is -0.0930. The molecule has 1 N–H and O–H groups in total. The Kier molecular flexibility index (Phi) is 6.97. The highest BCUT2D eigenvalue weighted by Gasteiger charge is 2.10. The van der Waals surface area contributed by atoms with E-state index in [2.05, 4.69) is 13.8 Å². The van der Waals surface area contributed by atoms with Crippen molar-refractivity contribution < 1.29 is 19.7 Å². The molecule has 0 aliphatic carbocycles. The topological polar surface area (TPSA) is 55.8 Å². The summed E-state index contributed by atoms with van der Waals surface area (Å²) < 4.78 is 0. The van der Waals surface area contributed by atoms with E-state index >= 15 is 0 Å². The van der Waals surface area contributed by atoms with Crippen molar-refractivity contribution in [3.8, 4) is 11.5 Å². The summed E-state index contributed by atoms with van der Waals surface area (Å²) >= 11 is 0. The zero-order valence-corrected chi connectivity index (χ0v) is 11.6. The number of benzene rings is 1. The second-order valence-electron chi connectivity index (χ2n) is 4.54. The van der Waals surface area contributed by atoms with Crippen LogP contribution < -0.4 is 4.89 Å². The van der Waals surface area contributed by atoms with Gasteiger partial charge in [0.25, 0.3) is 0 Å². The molecule has 0 amide bonds. The van der Waals surface area contributed by atoms with Gasteiger partial charge in [-0.2, -0.15) is 4.89 Å². The first kappa shape index (κ1) is 15.5. The molecule has 0 aromatic heterocycles. The second-order valence-corrected chi connectivity index (χ2v) is 4.54. The van der Waals surface area contributed by atoms with E-state index in [1.807, 2.05) is 0 Å². The van der Waals surface area contributed by atoms with Crippen molar-refractivity contribution in [2.24, 2.45) is 5.92 Å². The van der Waals surface area contributed by atoms with Crippen molar-refractivity contribution in [3.63, 3.8) is 0 Å². The smallest absolute Gasteiger partial charge is 0.217 e. The fourth-order valence-electron chi connectivity index (χ4n) is 1.95. The highest BCUT2D eigenvalue weighted by molar-refractivity contribution is 5.80. The zero-order valence-electron chi connectivity index (χ0n) is 11.6. The van der Waals surface area contributed by atoms with Gasteiger partial charge in [-0.15, -0.1) is 0 Å². The van der Waals surface area contributed by atoms with Crippen molar-refractivity contribution >= 4 is 6.29 Å². The zero-order chi connectivity index (χ0) is 14.1. The Bertz CT molecular complexity index is 386. The summed E-state index contributed by atoms with van der Waals surface area (Å²) in [5, 5.41) is 9.58.